The van der Waals surface area contributed by atoms with Crippen molar-refractivity contribution in [2.24, 2.45) is 23.2 Å². The first-order valence-electron chi connectivity index (χ1n) is 5.36. The SMILES string of the molecule is C[C@@H]1[C@@H](OS(=O)(=O)[O-])C[C@H]2C[C@@H]1C2(C)C. The van der Waals surface area contributed by atoms with Gasteiger partial charge in [0.1, 0.15) is 0 Å². The van der Waals surface area contributed by atoms with Crippen molar-refractivity contribution in [3.05, 3.63) is 0 Å². The van der Waals surface area contributed by atoms with E-state index in [2.05, 4.69) is 18.0 Å². The lowest BCUT2D eigenvalue weighted by Gasteiger charge is -2.61. The zero-order chi connectivity index (χ0) is 11.4. The van der Waals surface area contributed by atoms with Gasteiger partial charge in [0.05, 0.1) is 6.10 Å². The molecule has 0 spiro atoms. The first-order valence-corrected chi connectivity index (χ1v) is 6.69. The predicted octanol–water partition coefficient (Wildman–Crippen LogP) is 1.53. The Labute approximate surface area is 91.0 Å². The van der Waals surface area contributed by atoms with Crippen molar-refractivity contribution in [2.75, 3.05) is 0 Å². The maximum Gasteiger partial charge on any atom is 0.217 e. The van der Waals surface area contributed by atoms with E-state index < -0.39 is 16.5 Å². The highest BCUT2D eigenvalue weighted by Gasteiger charge is 2.56. The normalized spacial score (nSPS) is 43.5. The highest BCUT2D eigenvalue weighted by molar-refractivity contribution is 7.80. The number of rotatable bonds is 2. The van der Waals surface area contributed by atoms with Gasteiger partial charge in [-0.3, -0.25) is 4.18 Å². The second-order valence-corrected chi connectivity index (χ2v) is 6.51. The van der Waals surface area contributed by atoms with Crippen LogP contribution in [-0.4, -0.2) is 19.1 Å². The molecule has 0 aromatic rings. The Kier molecular flexibility index (Phi) is 2.41. The van der Waals surface area contributed by atoms with Crippen LogP contribution < -0.4 is 0 Å². The van der Waals surface area contributed by atoms with Crippen molar-refractivity contribution < 1.29 is 17.2 Å². The van der Waals surface area contributed by atoms with Crippen LogP contribution in [0.25, 0.3) is 0 Å². The van der Waals surface area contributed by atoms with Crippen LogP contribution in [0.3, 0.4) is 0 Å². The summed E-state index contributed by atoms with van der Waals surface area (Å²) >= 11 is 0. The van der Waals surface area contributed by atoms with Crippen LogP contribution in [0.2, 0.25) is 0 Å². The molecule has 4 nitrogen and oxygen atoms in total. The smallest absolute Gasteiger partial charge is 0.217 e. The molecular weight excluding hydrogens is 216 g/mol. The molecular formula is C10H17O4S-. The van der Waals surface area contributed by atoms with Gasteiger partial charge in [-0.2, -0.15) is 0 Å². The van der Waals surface area contributed by atoms with Crippen LogP contribution in [-0.2, 0) is 14.6 Å². The largest absolute Gasteiger partial charge is 0.726 e. The maximum absolute atomic E-state index is 10.6. The minimum Gasteiger partial charge on any atom is -0.726 e. The second kappa shape index (κ2) is 3.18. The van der Waals surface area contributed by atoms with E-state index in [1.54, 1.807) is 0 Å². The molecule has 0 N–H and O–H groups in total. The minimum absolute atomic E-state index is 0.161. The Morgan fingerprint density at radius 1 is 1.33 bits per heavy atom. The molecule has 15 heavy (non-hydrogen) atoms. The summed E-state index contributed by atoms with van der Waals surface area (Å²) < 4.78 is 36.3. The van der Waals surface area contributed by atoms with Gasteiger partial charge in [-0.15, -0.1) is 0 Å². The van der Waals surface area contributed by atoms with Gasteiger partial charge >= 0.3 is 0 Å². The molecule has 0 saturated heterocycles. The molecule has 4 atom stereocenters. The van der Waals surface area contributed by atoms with Crippen molar-refractivity contribution in [1.82, 2.24) is 0 Å². The highest BCUT2D eigenvalue weighted by Crippen LogP contribution is 2.61. The molecule has 5 heteroatoms. The van der Waals surface area contributed by atoms with Gasteiger partial charge in [-0.25, -0.2) is 8.42 Å². The molecule has 88 valence electrons. The summed E-state index contributed by atoms with van der Waals surface area (Å²) in [6.45, 7) is 6.41. The molecule has 0 amide bonds. The Morgan fingerprint density at radius 2 is 1.93 bits per heavy atom. The average Bonchev–Trinajstić information content (AvgIpc) is 2.05. The van der Waals surface area contributed by atoms with Crippen molar-refractivity contribution >= 4 is 10.4 Å². The predicted molar refractivity (Wildman–Crippen MR) is 53.7 cm³/mol. The lowest BCUT2D eigenvalue weighted by Crippen LogP contribution is -2.57. The monoisotopic (exact) mass is 233 g/mol. The zero-order valence-corrected chi connectivity index (χ0v) is 10.1. The molecule has 3 aliphatic rings. The first-order chi connectivity index (χ1) is 6.72. The quantitative estimate of drug-likeness (QED) is 0.536. The first kappa shape index (κ1) is 11.4. The number of fused-ring (bicyclic) bond motifs is 2. The number of hydrogen-bond donors (Lipinski definition) is 0. The van der Waals surface area contributed by atoms with E-state index in [4.69, 9.17) is 0 Å². The topological polar surface area (TPSA) is 66.4 Å². The fourth-order valence-corrected chi connectivity index (χ4v) is 3.94. The molecule has 3 aliphatic carbocycles. The molecule has 3 fully saturated rings. The number of hydrogen-bond acceptors (Lipinski definition) is 4. The van der Waals surface area contributed by atoms with Gasteiger partial charge in [-0.05, 0) is 36.0 Å². The third-order valence-corrected chi connectivity index (χ3v) is 5.01. The van der Waals surface area contributed by atoms with Crippen LogP contribution in [0.4, 0.5) is 0 Å². The standard InChI is InChI=1S/C10H18O4S/c1-6-8-4-7(10(8,2)3)5-9(6)14-15(11,12)13/h6-9H,4-5H2,1-3H3,(H,11,12,13)/p-1/t6-,7+,8-,9-/m0/s1. The molecule has 0 radical (unpaired) electrons. The van der Waals surface area contributed by atoms with Crippen molar-refractivity contribution in [3.8, 4) is 0 Å². The van der Waals surface area contributed by atoms with E-state index in [-0.39, 0.29) is 11.3 Å². The molecule has 2 bridgehead atoms. The molecule has 3 saturated carbocycles. The fourth-order valence-electron chi connectivity index (χ4n) is 3.38. The third kappa shape index (κ3) is 1.81. The van der Waals surface area contributed by atoms with Gasteiger partial charge in [0.25, 0.3) is 0 Å². The second-order valence-electron chi connectivity index (χ2n) is 5.50. The van der Waals surface area contributed by atoms with Gasteiger partial charge in [-0.1, -0.05) is 20.8 Å². The Bertz CT molecular complexity index is 360. The van der Waals surface area contributed by atoms with E-state index in [1.807, 2.05) is 6.92 Å². The van der Waals surface area contributed by atoms with Crippen LogP contribution in [0.1, 0.15) is 33.6 Å². The van der Waals surface area contributed by atoms with Crippen LogP contribution >= 0.6 is 0 Å². The summed E-state index contributed by atoms with van der Waals surface area (Å²) in [4.78, 5) is 0. The van der Waals surface area contributed by atoms with E-state index in [0.717, 1.165) is 6.42 Å². The van der Waals surface area contributed by atoms with E-state index in [0.29, 0.717) is 18.3 Å². The molecule has 3 rings (SSSR count). The summed E-state index contributed by atoms with van der Waals surface area (Å²) in [6.07, 6.45) is 1.45. The highest BCUT2D eigenvalue weighted by atomic mass is 32.3. The molecule has 0 aliphatic heterocycles. The van der Waals surface area contributed by atoms with Gasteiger partial charge in [0.15, 0.2) is 0 Å². The Morgan fingerprint density at radius 3 is 2.33 bits per heavy atom. The molecule has 0 heterocycles. The van der Waals surface area contributed by atoms with Crippen molar-refractivity contribution in [2.45, 2.75) is 39.7 Å². The van der Waals surface area contributed by atoms with Crippen LogP contribution in [0.15, 0.2) is 0 Å². The lowest BCUT2D eigenvalue weighted by molar-refractivity contribution is -0.147. The summed E-state index contributed by atoms with van der Waals surface area (Å²) in [6, 6.07) is 0. The zero-order valence-electron chi connectivity index (χ0n) is 9.26. The Balaban J connectivity index is 2.09. The van der Waals surface area contributed by atoms with Gasteiger partial charge < -0.3 is 4.55 Å². The summed E-state index contributed by atoms with van der Waals surface area (Å²) in [5, 5.41) is 0. The summed E-state index contributed by atoms with van der Waals surface area (Å²) in [5.41, 5.74) is 0.284. The molecule has 0 aromatic heterocycles. The summed E-state index contributed by atoms with van der Waals surface area (Å²) in [7, 11) is -4.55. The lowest BCUT2D eigenvalue weighted by atomic mass is 9.45. The van der Waals surface area contributed by atoms with Crippen LogP contribution in [0.5, 0.6) is 0 Å². The molecule has 0 unspecified atom stereocenters. The molecule has 0 aromatic carbocycles. The minimum atomic E-state index is -4.55. The fraction of sp³-hybridized carbons (Fsp3) is 1.00. The van der Waals surface area contributed by atoms with E-state index >= 15 is 0 Å². The maximum atomic E-state index is 10.6. The average molecular weight is 233 g/mol. The van der Waals surface area contributed by atoms with Crippen molar-refractivity contribution in [3.63, 3.8) is 0 Å². The van der Waals surface area contributed by atoms with E-state index in [1.165, 1.54) is 0 Å². The van der Waals surface area contributed by atoms with Gasteiger partial charge in [0, 0.05) is 0 Å². The van der Waals surface area contributed by atoms with Crippen molar-refractivity contribution in [1.29, 1.82) is 0 Å². The van der Waals surface area contributed by atoms with Crippen LogP contribution in [0, 0.1) is 23.2 Å². The summed E-state index contributed by atoms with van der Waals surface area (Å²) in [5.74, 6) is 1.15. The third-order valence-electron chi connectivity index (χ3n) is 4.53. The Hall–Kier alpha value is -0.130. The van der Waals surface area contributed by atoms with Gasteiger partial charge in [0.2, 0.25) is 10.4 Å². The van der Waals surface area contributed by atoms with E-state index in [9.17, 15) is 13.0 Å².